The molecule has 134 valence electrons. The maximum absolute atomic E-state index is 13.2. The number of nitrogens with zero attached hydrogens (tertiary/aromatic N) is 2. The number of aromatic nitrogens is 2. The van der Waals surface area contributed by atoms with Gasteiger partial charge in [0.2, 0.25) is 5.95 Å². The monoisotopic (exact) mass is 350 g/mol. The molecular weight excluding hydrogens is 329 g/mol. The van der Waals surface area contributed by atoms with Gasteiger partial charge in [0, 0.05) is 17.8 Å². The van der Waals surface area contributed by atoms with Crippen molar-refractivity contribution in [2.45, 2.75) is 51.7 Å². The molecule has 2 N–H and O–H groups in total. The van der Waals surface area contributed by atoms with E-state index in [0.717, 1.165) is 48.6 Å². The maximum atomic E-state index is 13.2. The Kier molecular flexibility index (Phi) is 4.83. The average Bonchev–Trinajstić information content (AvgIpc) is 3.03. The van der Waals surface area contributed by atoms with Crippen LogP contribution in [0.3, 0.4) is 0 Å². The second-order valence-electron chi connectivity index (χ2n) is 6.53. The van der Waals surface area contributed by atoms with E-state index in [1.54, 1.807) is 0 Å². The third kappa shape index (κ3) is 4.41. The van der Waals surface area contributed by atoms with Crippen LogP contribution in [0.1, 0.15) is 42.5 Å². The first-order valence-corrected chi connectivity index (χ1v) is 8.38. The average molecular weight is 350 g/mol. The number of hydrogen-bond donors (Lipinski definition) is 2. The fourth-order valence-electron chi connectivity index (χ4n) is 2.98. The molecule has 0 atom stereocenters. The molecule has 1 heterocycles. The summed E-state index contributed by atoms with van der Waals surface area (Å²) in [6.45, 7) is 3.82. The van der Waals surface area contributed by atoms with Crippen molar-refractivity contribution in [1.82, 2.24) is 9.97 Å². The quantitative estimate of drug-likeness (QED) is 0.795. The number of nitrogens with one attached hydrogen (secondary N) is 2. The molecule has 1 aromatic heterocycles. The van der Waals surface area contributed by atoms with E-state index in [-0.39, 0.29) is 17.8 Å². The number of anilines is 3. The molecule has 0 saturated heterocycles. The summed E-state index contributed by atoms with van der Waals surface area (Å²) in [5.41, 5.74) is 1.74. The minimum absolute atomic E-state index is 0.0227. The molecule has 25 heavy (non-hydrogen) atoms. The number of halogens is 3. The minimum atomic E-state index is -4.52. The summed E-state index contributed by atoms with van der Waals surface area (Å²) in [7, 11) is 0. The summed E-state index contributed by atoms with van der Waals surface area (Å²) in [5.74, 6) is 0.158. The van der Waals surface area contributed by atoms with Crippen molar-refractivity contribution in [3.05, 3.63) is 41.1 Å². The van der Waals surface area contributed by atoms with Gasteiger partial charge in [0.25, 0.3) is 0 Å². The van der Waals surface area contributed by atoms with E-state index in [1.165, 1.54) is 0 Å². The lowest BCUT2D eigenvalue weighted by molar-refractivity contribution is -0.141. The largest absolute Gasteiger partial charge is 0.433 e. The number of alkyl halides is 3. The Bertz CT molecular complexity index is 752. The molecular formula is C18H21F3N4. The van der Waals surface area contributed by atoms with E-state index in [2.05, 4.69) is 20.6 Å². The van der Waals surface area contributed by atoms with Crippen LogP contribution in [0.2, 0.25) is 0 Å². The summed E-state index contributed by atoms with van der Waals surface area (Å²) in [5, 5.41) is 6.04. The van der Waals surface area contributed by atoms with E-state index in [1.807, 2.05) is 32.0 Å². The van der Waals surface area contributed by atoms with Crippen LogP contribution in [-0.2, 0) is 6.18 Å². The first-order chi connectivity index (χ1) is 11.8. The van der Waals surface area contributed by atoms with Gasteiger partial charge in [0.05, 0.1) is 0 Å². The van der Waals surface area contributed by atoms with Crippen molar-refractivity contribution in [2.24, 2.45) is 0 Å². The van der Waals surface area contributed by atoms with Gasteiger partial charge in [-0.25, -0.2) is 4.98 Å². The van der Waals surface area contributed by atoms with Crippen LogP contribution in [0.5, 0.6) is 0 Å². The summed E-state index contributed by atoms with van der Waals surface area (Å²) >= 11 is 0. The number of aryl methyl sites for hydroxylation is 2. The zero-order valence-corrected chi connectivity index (χ0v) is 14.2. The standard InChI is InChI=1S/C18H21F3N4/c1-11-7-8-12(2)14(9-11)23-16-10-15(18(19,20)21)24-17(25-16)22-13-5-3-4-6-13/h7-10,13H,3-6H2,1-2H3,(H2,22,23,24,25). The van der Waals surface area contributed by atoms with Crippen LogP contribution in [0.25, 0.3) is 0 Å². The molecule has 0 radical (unpaired) electrons. The molecule has 7 heteroatoms. The Hall–Kier alpha value is -2.31. The maximum Gasteiger partial charge on any atom is 0.433 e. The van der Waals surface area contributed by atoms with E-state index >= 15 is 0 Å². The lowest BCUT2D eigenvalue weighted by Crippen LogP contribution is -2.19. The fourth-order valence-corrected chi connectivity index (χ4v) is 2.98. The van der Waals surface area contributed by atoms with Gasteiger partial charge in [-0.15, -0.1) is 0 Å². The molecule has 0 amide bonds. The molecule has 4 nitrogen and oxygen atoms in total. The number of benzene rings is 1. The van der Waals surface area contributed by atoms with Gasteiger partial charge in [-0.05, 0) is 43.9 Å². The zero-order chi connectivity index (χ0) is 18.0. The molecule has 2 aromatic rings. The van der Waals surface area contributed by atoms with Gasteiger partial charge in [-0.1, -0.05) is 25.0 Å². The summed E-state index contributed by atoms with van der Waals surface area (Å²) in [6, 6.07) is 6.84. The summed E-state index contributed by atoms with van der Waals surface area (Å²) in [4.78, 5) is 7.91. The van der Waals surface area contributed by atoms with E-state index in [4.69, 9.17) is 0 Å². The topological polar surface area (TPSA) is 49.8 Å². The zero-order valence-electron chi connectivity index (χ0n) is 14.2. The van der Waals surface area contributed by atoms with Crippen molar-refractivity contribution in [3.63, 3.8) is 0 Å². The Labute approximate surface area is 144 Å². The van der Waals surface area contributed by atoms with E-state index in [9.17, 15) is 13.2 Å². The Morgan fingerprint density at radius 3 is 2.44 bits per heavy atom. The fraction of sp³-hybridized carbons (Fsp3) is 0.444. The van der Waals surface area contributed by atoms with Gasteiger partial charge in [-0.2, -0.15) is 18.2 Å². The minimum Gasteiger partial charge on any atom is -0.351 e. The van der Waals surface area contributed by atoms with Crippen LogP contribution in [0, 0.1) is 13.8 Å². The molecule has 0 bridgehead atoms. The molecule has 1 fully saturated rings. The van der Waals surface area contributed by atoms with Gasteiger partial charge >= 0.3 is 6.18 Å². The first-order valence-electron chi connectivity index (χ1n) is 8.38. The van der Waals surface area contributed by atoms with E-state index < -0.39 is 11.9 Å². The van der Waals surface area contributed by atoms with Crippen molar-refractivity contribution >= 4 is 17.5 Å². The van der Waals surface area contributed by atoms with Crippen LogP contribution in [0.15, 0.2) is 24.3 Å². The van der Waals surface area contributed by atoms with Crippen molar-refractivity contribution in [1.29, 1.82) is 0 Å². The molecule has 1 aliphatic rings. The van der Waals surface area contributed by atoms with Gasteiger partial charge in [-0.3, -0.25) is 0 Å². The summed E-state index contributed by atoms with van der Waals surface area (Å²) in [6.07, 6.45) is -0.514. The second kappa shape index (κ2) is 6.90. The Morgan fingerprint density at radius 2 is 1.76 bits per heavy atom. The molecule has 0 unspecified atom stereocenters. The lowest BCUT2D eigenvalue weighted by Gasteiger charge is -2.16. The van der Waals surface area contributed by atoms with Gasteiger partial charge in [0.1, 0.15) is 5.82 Å². The molecule has 3 rings (SSSR count). The van der Waals surface area contributed by atoms with Crippen molar-refractivity contribution < 1.29 is 13.2 Å². The van der Waals surface area contributed by atoms with Gasteiger partial charge in [0.15, 0.2) is 5.69 Å². The molecule has 1 saturated carbocycles. The van der Waals surface area contributed by atoms with Crippen LogP contribution in [0.4, 0.5) is 30.6 Å². The lowest BCUT2D eigenvalue weighted by atomic mass is 10.1. The molecule has 0 spiro atoms. The van der Waals surface area contributed by atoms with Crippen LogP contribution < -0.4 is 10.6 Å². The SMILES string of the molecule is Cc1ccc(C)c(Nc2cc(C(F)(F)F)nc(NC3CCCC3)n2)c1. The third-order valence-corrected chi connectivity index (χ3v) is 4.36. The van der Waals surface area contributed by atoms with Crippen LogP contribution in [-0.4, -0.2) is 16.0 Å². The third-order valence-electron chi connectivity index (χ3n) is 4.36. The van der Waals surface area contributed by atoms with Crippen molar-refractivity contribution in [3.8, 4) is 0 Å². The predicted molar refractivity (Wildman–Crippen MR) is 92.1 cm³/mol. The molecule has 1 aromatic carbocycles. The van der Waals surface area contributed by atoms with E-state index in [0.29, 0.717) is 0 Å². The highest BCUT2D eigenvalue weighted by Gasteiger charge is 2.34. The normalized spacial score (nSPS) is 15.4. The van der Waals surface area contributed by atoms with Crippen LogP contribution >= 0.6 is 0 Å². The number of rotatable bonds is 4. The number of hydrogen-bond acceptors (Lipinski definition) is 4. The smallest absolute Gasteiger partial charge is 0.351 e. The van der Waals surface area contributed by atoms with Gasteiger partial charge < -0.3 is 10.6 Å². The highest BCUT2D eigenvalue weighted by atomic mass is 19.4. The second-order valence-corrected chi connectivity index (χ2v) is 6.53. The predicted octanol–water partition coefficient (Wildman–Crippen LogP) is 5.21. The first kappa shape index (κ1) is 17.5. The summed E-state index contributed by atoms with van der Waals surface area (Å²) < 4.78 is 39.6. The highest BCUT2D eigenvalue weighted by molar-refractivity contribution is 5.62. The molecule has 0 aliphatic heterocycles. The molecule has 1 aliphatic carbocycles. The van der Waals surface area contributed by atoms with Crippen molar-refractivity contribution in [2.75, 3.05) is 10.6 Å². The Balaban J connectivity index is 1.92. The Morgan fingerprint density at radius 1 is 1.04 bits per heavy atom. The highest BCUT2D eigenvalue weighted by Crippen LogP contribution is 2.31.